The molecule has 2 heterocycles. The van der Waals surface area contributed by atoms with E-state index in [4.69, 9.17) is 0 Å². The highest BCUT2D eigenvalue weighted by molar-refractivity contribution is 8.00. The number of carbonyl (C=O) groups excluding carboxylic acids is 1. The normalized spacial score (nSPS) is 14.8. The zero-order chi connectivity index (χ0) is 19.7. The lowest BCUT2D eigenvalue weighted by atomic mass is 10.3. The van der Waals surface area contributed by atoms with Crippen molar-refractivity contribution in [2.45, 2.75) is 42.6 Å². The van der Waals surface area contributed by atoms with E-state index in [-0.39, 0.29) is 11.6 Å². The molecule has 1 atom stereocenters. The first-order valence-corrected chi connectivity index (χ1v) is 10.7. The molecule has 1 N–H and O–H groups in total. The van der Waals surface area contributed by atoms with Crippen LogP contribution in [0.2, 0.25) is 0 Å². The second-order valence-corrected chi connectivity index (χ2v) is 8.97. The third-order valence-corrected chi connectivity index (χ3v) is 6.33. The van der Waals surface area contributed by atoms with Crippen LogP contribution >= 0.6 is 23.1 Å². The average molecular weight is 421 g/mol. The predicted octanol–water partition coefficient (Wildman–Crippen LogP) is 4.66. The molecule has 0 bridgehead atoms. The fraction of sp³-hybridized carbons (Fsp3) is 0.316. The Labute approximate surface area is 169 Å². The van der Waals surface area contributed by atoms with E-state index in [1.54, 1.807) is 18.3 Å². The van der Waals surface area contributed by atoms with Crippen molar-refractivity contribution in [1.82, 2.24) is 14.8 Å². The first-order valence-electron chi connectivity index (χ1n) is 8.90. The maximum Gasteiger partial charge on any atom is 0.237 e. The molecule has 0 spiro atoms. The summed E-state index contributed by atoms with van der Waals surface area (Å²) in [5, 5.41) is 13.3. The first kappa shape index (κ1) is 19.1. The molecule has 28 heavy (non-hydrogen) atoms. The summed E-state index contributed by atoms with van der Waals surface area (Å²) in [5.74, 6) is -0.969. The van der Waals surface area contributed by atoms with Crippen molar-refractivity contribution >= 4 is 34.7 Å². The summed E-state index contributed by atoms with van der Waals surface area (Å²) in [6.45, 7) is 1.73. The van der Waals surface area contributed by atoms with Gasteiger partial charge in [0.2, 0.25) is 5.91 Å². The number of nitrogens with one attached hydrogen (secondary N) is 1. The van der Waals surface area contributed by atoms with Gasteiger partial charge in [0, 0.05) is 23.4 Å². The van der Waals surface area contributed by atoms with Gasteiger partial charge < -0.3 is 9.88 Å². The summed E-state index contributed by atoms with van der Waals surface area (Å²) in [6.07, 6.45) is 2.86. The van der Waals surface area contributed by atoms with Crippen molar-refractivity contribution < 1.29 is 13.6 Å². The van der Waals surface area contributed by atoms with Crippen molar-refractivity contribution in [3.05, 3.63) is 58.0 Å². The van der Waals surface area contributed by atoms with Crippen LogP contribution in [0.15, 0.2) is 40.9 Å². The van der Waals surface area contributed by atoms with Crippen LogP contribution in [0.5, 0.6) is 0 Å². The molecule has 1 saturated carbocycles. The van der Waals surface area contributed by atoms with Gasteiger partial charge in [0.25, 0.3) is 0 Å². The summed E-state index contributed by atoms with van der Waals surface area (Å²) in [7, 11) is 0. The molecular weight excluding hydrogens is 402 g/mol. The summed E-state index contributed by atoms with van der Waals surface area (Å²) < 4.78 is 28.9. The van der Waals surface area contributed by atoms with Gasteiger partial charge in [-0.25, -0.2) is 8.78 Å². The summed E-state index contributed by atoms with van der Waals surface area (Å²) >= 11 is 2.97. The van der Waals surface area contributed by atoms with E-state index in [0.29, 0.717) is 17.6 Å². The third-order valence-electron chi connectivity index (χ3n) is 4.40. The van der Waals surface area contributed by atoms with Crippen LogP contribution < -0.4 is 5.32 Å². The number of carbonyl (C=O) groups is 1. The number of thiophene rings is 1. The maximum atomic E-state index is 13.8. The molecule has 3 aromatic rings. The second-order valence-electron chi connectivity index (χ2n) is 6.63. The molecule has 2 aromatic heterocycles. The molecule has 0 saturated heterocycles. The molecule has 146 valence electrons. The van der Waals surface area contributed by atoms with Gasteiger partial charge in [0.15, 0.2) is 5.16 Å². The first-order chi connectivity index (χ1) is 13.5. The number of halogens is 2. The highest BCUT2D eigenvalue weighted by atomic mass is 32.2. The van der Waals surface area contributed by atoms with Gasteiger partial charge in [-0.1, -0.05) is 17.8 Å². The van der Waals surface area contributed by atoms with Crippen molar-refractivity contribution in [3.8, 4) is 0 Å². The fourth-order valence-electron chi connectivity index (χ4n) is 2.81. The van der Waals surface area contributed by atoms with E-state index >= 15 is 0 Å². The number of thioether (sulfide) groups is 1. The number of hydrogen-bond donors (Lipinski definition) is 1. The number of rotatable bonds is 7. The van der Waals surface area contributed by atoms with Crippen molar-refractivity contribution in [3.63, 3.8) is 0 Å². The summed E-state index contributed by atoms with van der Waals surface area (Å²) in [5.41, 5.74) is -0.0408. The van der Waals surface area contributed by atoms with E-state index in [0.717, 1.165) is 30.8 Å². The standard InChI is InChI=1S/C19H18F2N4OS2/c1-11(18(26)22-16-7-4-12(20)9-15(16)21)28-19-24-23-17(25(19)13-5-6-13)10-14-3-2-8-27-14/h2-4,7-9,11,13H,5-6,10H2,1H3,(H,22,26). The van der Waals surface area contributed by atoms with E-state index in [1.807, 2.05) is 11.4 Å². The average Bonchev–Trinajstić information content (AvgIpc) is 3.22. The van der Waals surface area contributed by atoms with Gasteiger partial charge in [-0.05, 0) is 43.3 Å². The number of amides is 1. The lowest BCUT2D eigenvalue weighted by Gasteiger charge is -2.13. The van der Waals surface area contributed by atoms with E-state index in [9.17, 15) is 13.6 Å². The number of nitrogens with zero attached hydrogens (tertiary/aromatic N) is 3. The molecule has 1 aliphatic carbocycles. The fourth-order valence-corrected chi connectivity index (χ4v) is 4.45. The molecule has 9 heteroatoms. The Hall–Kier alpha value is -2.26. The van der Waals surface area contributed by atoms with Gasteiger partial charge in [-0.15, -0.1) is 21.5 Å². The van der Waals surface area contributed by atoms with Gasteiger partial charge in [0.05, 0.1) is 10.9 Å². The molecule has 1 amide bonds. The SMILES string of the molecule is CC(Sc1nnc(Cc2cccs2)n1C1CC1)C(=O)Nc1ccc(F)cc1F. The van der Waals surface area contributed by atoms with Gasteiger partial charge >= 0.3 is 0 Å². The smallest absolute Gasteiger partial charge is 0.237 e. The minimum Gasteiger partial charge on any atom is -0.323 e. The Morgan fingerprint density at radius 2 is 2.18 bits per heavy atom. The Kier molecular flexibility index (Phi) is 5.45. The highest BCUT2D eigenvalue weighted by Gasteiger charge is 2.31. The molecule has 0 radical (unpaired) electrons. The van der Waals surface area contributed by atoms with Crippen molar-refractivity contribution in [2.24, 2.45) is 0 Å². The maximum absolute atomic E-state index is 13.8. The molecule has 0 aliphatic heterocycles. The number of benzene rings is 1. The molecule has 5 nitrogen and oxygen atoms in total. The van der Waals surface area contributed by atoms with Crippen LogP contribution in [0.1, 0.15) is 36.5 Å². The number of hydrogen-bond acceptors (Lipinski definition) is 5. The minimum absolute atomic E-state index is 0.0408. The Bertz CT molecular complexity index is 986. The zero-order valence-electron chi connectivity index (χ0n) is 15.1. The highest BCUT2D eigenvalue weighted by Crippen LogP contribution is 2.40. The van der Waals surface area contributed by atoms with Crippen LogP contribution in [0, 0.1) is 11.6 Å². The van der Waals surface area contributed by atoms with Crippen LogP contribution in [0.4, 0.5) is 14.5 Å². The third kappa shape index (κ3) is 4.25. The van der Waals surface area contributed by atoms with Crippen molar-refractivity contribution in [2.75, 3.05) is 5.32 Å². The van der Waals surface area contributed by atoms with Crippen molar-refractivity contribution in [1.29, 1.82) is 0 Å². The predicted molar refractivity (Wildman–Crippen MR) is 106 cm³/mol. The second kappa shape index (κ2) is 8.00. The van der Waals surface area contributed by atoms with Crippen LogP contribution in [-0.2, 0) is 11.2 Å². The van der Waals surface area contributed by atoms with E-state index < -0.39 is 16.9 Å². The topological polar surface area (TPSA) is 59.8 Å². The van der Waals surface area contributed by atoms with Gasteiger partial charge in [0.1, 0.15) is 17.5 Å². The van der Waals surface area contributed by atoms with Gasteiger partial charge in [-0.2, -0.15) is 0 Å². The minimum atomic E-state index is -0.801. The van der Waals surface area contributed by atoms with Crippen LogP contribution in [-0.4, -0.2) is 25.9 Å². The number of aromatic nitrogens is 3. The molecule has 4 rings (SSSR count). The van der Waals surface area contributed by atoms with Crippen LogP contribution in [0.3, 0.4) is 0 Å². The summed E-state index contributed by atoms with van der Waals surface area (Å²) in [6, 6.07) is 7.51. The Morgan fingerprint density at radius 3 is 2.86 bits per heavy atom. The zero-order valence-corrected chi connectivity index (χ0v) is 16.7. The summed E-state index contributed by atoms with van der Waals surface area (Å²) in [4.78, 5) is 13.7. The molecule has 1 unspecified atom stereocenters. The lowest BCUT2D eigenvalue weighted by Crippen LogP contribution is -2.23. The van der Waals surface area contributed by atoms with E-state index in [1.165, 1.54) is 22.7 Å². The Balaban J connectivity index is 1.47. The molecule has 1 fully saturated rings. The lowest BCUT2D eigenvalue weighted by molar-refractivity contribution is -0.115. The van der Waals surface area contributed by atoms with Crippen LogP contribution in [0.25, 0.3) is 0 Å². The molecule has 1 aliphatic rings. The monoisotopic (exact) mass is 420 g/mol. The molecule has 1 aromatic carbocycles. The van der Waals surface area contributed by atoms with Gasteiger partial charge in [-0.3, -0.25) is 4.79 Å². The number of anilines is 1. The Morgan fingerprint density at radius 1 is 1.36 bits per heavy atom. The quantitative estimate of drug-likeness (QED) is 0.565. The molecular formula is C19H18F2N4OS2. The largest absolute Gasteiger partial charge is 0.323 e. The van der Waals surface area contributed by atoms with E-state index in [2.05, 4.69) is 26.1 Å².